The molecule has 0 aliphatic heterocycles. The molecule has 0 saturated heterocycles. The van der Waals surface area contributed by atoms with Gasteiger partial charge in [0.05, 0.1) is 0 Å². The number of carbonyl (C=O) groups excluding carboxylic acids is 2. The van der Waals surface area contributed by atoms with E-state index in [4.69, 9.17) is 0 Å². The topological polar surface area (TPSA) is 82.3 Å². The quantitative estimate of drug-likeness (QED) is 0.377. The maximum absolute atomic E-state index is 10.8. The molecule has 11 heavy (non-hydrogen) atoms. The lowest BCUT2D eigenvalue weighted by atomic mass is 10.4. The largest absolute Gasteiger partial charge is 0.400 e. The van der Waals surface area contributed by atoms with E-state index in [2.05, 4.69) is 15.7 Å². The monoisotopic (exact) mass is 172 g/mol. The molecule has 1 rings (SSSR count). The molecule has 0 saturated carbocycles. The first-order valence-electron chi connectivity index (χ1n) is 2.60. The van der Waals surface area contributed by atoms with Gasteiger partial charge in [-0.05, 0) is 0 Å². The van der Waals surface area contributed by atoms with E-state index < -0.39 is 11.8 Å². The van der Waals surface area contributed by atoms with Crippen molar-refractivity contribution in [2.45, 2.75) is 0 Å². The predicted molar refractivity (Wildman–Crippen MR) is 36.7 cm³/mol. The van der Waals surface area contributed by atoms with Crippen LogP contribution in [0, 0.1) is 0 Å². The van der Waals surface area contributed by atoms with Crippen LogP contribution in [0.4, 0.5) is 0 Å². The van der Waals surface area contributed by atoms with Gasteiger partial charge in [-0.15, -0.1) is 11.3 Å². The number of Topliss-reactive ketones (excluding diaryl/α,β-unsaturated/α-hetero) is 1. The molecule has 2 N–H and O–H groups in total. The molecule has 1 aromatic heterocycles. The first kappa shape index (κ1) is 7.83. The summed E-state index contributed by atoms with van der Waals surface area (Å²) in [5, 5.41) is 1.66. The van der Waals surface area contributed by atoms with E-state index in [1.807, 2.05) is 0 Å². The number of nitrogens with two attached hydrogens (primary N) is 1. The minimum Gasteiger partial charge on any atom is -0.367 e. The average molecular weight is 172 g/mol. The summed E-state index contributed by atoms with van der Waals surface area (Å²) in [5.74, 6) is 2.57. The average Bonchev–Trinajstić information content (AvgIpc) is 2.53. The third kappa shape index (κ3) is 1.60. The summed E-state index contributed by atoms with van der Waals surface area (Å²) in [6.45, 7) is 0. The van der Waals surface area contributed by atoms with Crippen LogP contribution in [0.3, 0.4) is 0 Å². The highest BCUT2D eigenvalue weighted by Crippen LogP contribution is 2.04. The maximum atomic E-state index is 10.8. The van der Waals surface area contributed by atoms with Crippen molar-refractivity contribution in [2.75, 3.05) is 0 Å². The van der Waals surface area contributed by atoms with Crippen molar-refractivity contribution >= 4 is 23.1 Å². The van der Waals surface area contributed by atoms with E-state index in [0.29, 0.717) is 0 Å². The van der Waals surface area contributed by atoms with Crippen LogP contribution >= 0.6 is 11.3 Å². The highest BCUT2D eigenvalue weighted by molar-refractivity contribution is 7.12. The van der Waals surface area contributed by atoms with Crippen LogP contribution in [-0.2, 0) is 9.63 Å². The second-order valence-electron chi connectivity index (χ2n) is 1.57. The van der Waals surface area contributed by atoms with Gasteiger partial charge in [0, 0.05) is 11.6 Å². The zero-order valence-corrected chi connectivity index (χ0v) is 6.13. The molecule has 0 aliphatic carbocycles. The van der Waals surface area contributed by atoms with Gasteiger partial charge in [-0.2, -0.15) is 5.90 Å². The lowest BCUT2D eigenvalue weighted by molar-refractivity contribution is -0.138. The number of hydrogen-bond donors (Lipinski definition) is 1. The van der Waals surface area contributed by atoms with Gasteiger partial charge in [0.2, 0.25) is 0 Å². The Hall–Kier alpha value is -1.27. The Labute approximate surface area is 65.8 Å². The van der Waals surface area contributed by atoms with Gasteiger partial charge in [0.25, 0.3) is 5.78 Å². The van der Waals surface area contributed by atoms with Gasteiger partial charge in [-0.3, -0.25) is 4.79 Å². The number of hydrogen-bond acceptors (Lipinski definition) is 6. The summed E-state index contributed by atoms with van der Waals surface area (Å²) < 4.78 is 0. The third-order valence-corrected chi connectivity index (χ3v) is 1.69. The van der Waals surface area contributed by atoms with Crippen LogP contribution in [0.15, 0.2) is 11.6 Å². The first-order valence-corrected chi connectivity index (χ1v) is 3.48. The second kappa shape index (κ2) is 3.22. The molecule has 5 nitrogen and oxygen atoms in total. The Balaban J connectivity index is 2.79. The summed E-state index contributed by atoms with van der Waals surface area (Å²) in [4.78, 5) is 28.6. The summed E-state index contributed by atoms with van der Waals surface area (Å²) in [5.41, 5.74) is 0. The maximum Gasteiger partial charge on any atom is 0.400 e. The Morgan fingerprint density at radius 2 is 2.36 bits per heavy atom. The molecule has 58 valence electrons. The molecule has 0 aliphatic rings. The number of carbonyl (C=O) groups is 2. The molecule has 1 heterocycles. The summed E-state index contributed by atoms with van der Waals surface area (Å²) in [6.07, 6.45) is 1.42. The van der Waals surface area contributed by atoms with Gasteiger partial charge in [0.1, 0.15) is 0 Å². The molecular weight excluding hydrogens is 168 g/mol. The van der Waals surface area contributed by atoms with E-state index in [9.17, 15) is 9.59 Å². The van der Waals surface area contributed by atoms with Gasteiger partial charge in [0.15, 0.2) is 5.01 Å². The summed E-state index contributed by atoms with van der Waals surface area (Å²) in [7, 11) is 0. The lowest BCUT2D eigenvalue weighted by Crippen LogP contribution is -2.20. The van der Waals surface area contributed by atoms with E-state index >= 15 is 0 Å². The van der Waals surface area contributed by atoms with Crippen molar-refractivity contribution in [3.05, 3.63) is 16.6 Å². The highest BCUT2D eigenvalue weighted by atomic mass is 32.1. The minimum atomic E-state index is -1.10. The number of ketones is 1. The molecule has 0 unspecified atom stereocenters. The molecule has 0 amide bonds. The fourth-order valence-corrected chi connectivity index (χ4v) is 1.04. The molecule has 0 radical (unpaired) electrons. The standard InChI is InChI=1S/C5H4N2O3S/c6-10-5(9)3(8)4-7-1-2-11-4/h1-2H,6H2. The van der Waals surface area contributed by atoms with Gasteiger partial charge < -0.3 is 4.84 Å². The van der Waals surface area contributed by atoms with Crippen molar-refractivity contribution < 1.29 is 14.4 Å². The van der Waals surface area contributed by atoms with Crippen molar-refractivity contribution in [3.8, 4) is 0 Å². The zero-order valence-electron chi connectivity index (χ0n) is 5.31. The summed E-state index contributed by atoms with van der Waals surface area (Å²) >= 11 is 1.06. The van der Waals surface area contributed by atoms with Gasteiger partial charge >= 0.3 is 5.97 Å². The Bertz CT molecular complexity index is 269. The third-order valence-electron chi connectivity index (χ3n) is 0.919. The number of aromatic nitrogens is 1. The normalized spacial score (nSPS) is 9.18. The summed E-state index contributed by atoms with van der Waals surface area (Å²) in [6, 6.07) is 0. The van der Waals surface area contributed by atoms with Crippen LogP contribution in [0.25, 0.3) is 0 Å². The van der Waals surface area contributed by atoms with E-state index in [0.717, 1.165) is 11.3 Å². The van der Waals surface area contributed by atoms with Gasteiger partial charge in [-0.1, -0.05) is 0 Å². The first-order chi connectivity index (χ1) is 5.25. The van der Waals surface area contributed by atoms with Gasteiger partial charge in [-0.25, -0.2) is 9.78 Å². The molecule has 0 aromatic carbocycles. The van der Waals surface area contributed by atoms with E-state index in [1.165, 1.54) is 6.20 Å². The van der Waals surface area contributed by atoms with E-state index in [-0.39, 0.29) is 5.01 Å². The molecule has 0 bridgehead atoms. The smallest absolute Gasteiger partial charge is 0.367 e. The Morgan fingerprint density at radius 1 is 1.64 bits per heavy atom. The zero-order chi connectivity index (χ0) is 8.27. The molecule has 0 spiro atoms. The highest BCUT2D eigenvalue weighted by Gasteiger charge is 2.19. The fraction of sp³-hybridized carbons (Fsp3) is 0. The van der Waals surface area contributed by atoms with Crippen molar-refractivity contribution in [1.29, 1.82) is 0 Å². The minimum absolute atomic E-state index is 0.0838. The number of thiazole rings is 1. The SMILES string of the molecule is NOC(=O)C(=O)c1nccs1. The fourth-order valence-electron chi connectivity index (χ4n) is 0.476. The molecule has 6 heteroatoms. The Kier molecular flexibility index (Phi) is 2.29. The van der Waals surface area contributed by atoms with Crippen LogP contribution in [-0.4, -0.2) is 16.7 Å². The second-order valence-corrected chi connectivity index (χ2v) is 2.47. The van der Waals surface area contributed by atoms with Crippen LogP contribution in [0.1, 0.15) is 9.80 Å². The molecule has 1 aromatic rings. The predicted octanol–water partition coefficient (Wildman–Crippen LogP) is -0.257. The van der Waals surface area contributed by atoms with Crippen molar-refractivity contribution in [1.82, 2.24) is 4.98 Å². The number of nitrogens with zero attached hydrogens (tertiary/aromatic N) is 1. The van der Waals surface area contributed by atoms with Crippen LogP contribution in [0.2, 0.25) is 0 Å². The van der Waals surface area contributed by atoms with Crippen molar-refractivity contribution in [3.63, 3.8) is 0 Å². The van der Waals surface area contributed by atoms with Crippen LogP contribution < -0.4 is 5.90 Å². The van der Waals surface area contributed by atoms with E-state index in [1.54, 1.807) is 5.38 Å². The van der Waals surface area contributed by atoms with Crippen LogP contribution in [0.5, 0.6) is 0 Å². The number of rotatable bonds is 2. The molecule has 0 fully saturated rings. The van der Waals surface area contributed by atoms with Crippen molar-refractivity contribution in [2.24, 2.45) is 5.90 Å². The molecular formula is C5H4N2O3S. The Morgan fingerprint density at radius 3 is 2.82 bits per heavy atom. The molecule has 0 atom stereocenters. The lowest BCUT2D eigenvalue weighted by Gasteiger charge is -1.90.